The normalized spacial score (nSPS) is 15.5. The third kappa shape index (κ3) is 1.10. The first-order valence-corrected chi connectivity index (χ1v) is 4.07. The molecule has 0 spiro atoms. The third-order valence-electron chi connectivity index (χ3n) is 2.17. The fourth-order valence-corrected chi connectivity index (χ4v) is 1.43. The van der Waals surface area contributed by atoms with E-state index in [0.717, 1.165) is 0 Å². The molecule has 5 heteroatoms. The number of aromatic hydroxyl groups is 1. The molecular weight excluding hydrogens is 200 g/mol. The molecule has 0 aromatic heterocycles. The molecule has 76 valence electrons. The first kappa shape index (κ1) is 9.26. The Hall–Kier alpha value is -2.30. The van der Waals surface area contributed by atoms with E-state index in [9.17, 15) is 14.7 Å². The van der Waals surface area contributed by atoms with E-state index in [1.807, 2.05) is 0 Å². The monoisotopic (exact) mass is 206 g/mol. The van der Waals surface area contributed by atoms with Gasteiger partial charge in [0.1, 0.15) is 5.75 Å². The second-order valence-corrected chi connectivity index (χ2v) is 3.06. The summed E-state index contributed by atoms with van der Waals surface area (Å²) in [5, 5.41) is 27.6. The highest BCUT2D eigenvalue weighted by atomic mass is 16.3. The first-order chi connectivity index (χ1) is 7.04. The molecule has 0 amide bonds. The van der Waals surface area contributed by atoms with Crippen molar-refractivity contribution in [3.63, 3.8) is 0 Å². The molecule has 0 heterocycles. The predicted octanol–water partition coefficient (Wildman–Crippen LogP) is 1.10. The summed E-state index contributed by atoms with van der Waals surface area (Å²) < 4.78 is 0. The van der Waals surface area contributed by atoms with Crippen molar-refractivity contribution >= 4 is 11.6 Å². The van der Waals surface area contributed by atoms with Crippen LogP contribution in [0.25, 0.3) is 0 Å². The molecule has 0 bridgehead atoms. The van der Waals surface area contributed by atoms with Gasteiger partial charge in [-0.05, 0) is 12.1 Å². The zero-order valence-corrected chi connectivity index (χ0v) is 7.39. The molecule has 5 nitrogen and oxygen atoms in total. The SMILES string of the molecule is O=C1C(O)=C(O)C(=O)c2c(O)cccc21. The van der Waals surface area contributed by atoms with Gasteiger partial charge in [0.05, 0.1) is 5.56 Å². The van der Waals surface area contributed by atoms with Crippen LogP contribution < -0.4 is 0 Å². The molecule has 15 heavy (non-hydrogen) atoms. The third-order valence-corrected chi connectivity index (χ3v) is 2.17. The van der Waals surface area contributed by atoms with Crippen LogP contribution in [0.4, 0.5) is 0 Å². The van der Waals surface area contributed by atoms with Gasteiger partial charge in [0.2, 0.25) is 23.1 Å². The van der Waals surface area contributed by atoms with E-state index in [1.165, 1.54) is 18.2 Å². The van der Waals surface area contributed by atoms with Crippen LogP contribution in [0.5, 0.6) is 5.75 Å². The maximum atomic E-state index is 11.4. The standard InChI is InChI=1S/C10H6O5/c11-5-3-1-2-4-6(5)8(13)10(15)9(14)7(4)12/h1-3,11,14-15H. The van der Waals surface area contributed by atoms with E-state index < -0.39 is 28.8 Å². The van der Waals surface area contributed by atoms with Crippen LogP contribution in [0.2, 0.25) is 0 Å². The Morgan fingerprint density at radius 2 is 1.47 bits per heavy atom. The van der Waals surface area contributed by atoms with E-state index in [0.29, 0.717) is 0 Å². The Morgan fingerprint density at radius 1 is 0.867 bits per heavy atom. The van der Waals surface area contributed by atoms with Gasteiger partial charge in [-0.3, -0.25) is 9.59 Å². The Bertz CT molecular complexity index is 513. The highest BCUT2D eigenvalue weighted by Crippen LogP contribution is 2.29. The molecule has 0 fully saturated rings. The van der Waals surface area contributed by atoms with Crippen molar-refractivity contribution in [1.82, 2.24) is 0 Å². The van der Waals surface area contributed by atoms with Crippen LogP contribution in [0, 0.1) is 0 Å². The number of benzene rings is 1. The van der Waals surface area contributed by atoms with Crippen molar-refractivity contribution in [2.75, 3.05) is 0 Å². The van der Waals surface area contributed by atoms with E-state index in [2.05, 4.69) is 0 Å². The number of aliphatic hydroxyl groups excluding tert-OH is 2. The van der Waals surface area contributed by atoms with Gasteiger partial charge in [-0.15, -0.1) is 0 Å². The molecule has 3 N–H and O–H groups in total. The quantitative estimate of drug-likeness (QED) is 0.590. The van der Waals surface area contributed by atoms with Gasteiger partial charge in [0, 0.05) is 5.56 Å². The number of aliphatic hydroxyl groups is 2. The number of hydrogen-bond donors (Lipinski definition) is 3. The molecule has 0 saturated carbocycles. The highest BCUT2D eigenvalue weighted by Gasteiger charge is 2.34. The number of carbonyl (C=O) groups excluding carboxylic acids is 2. The Morgan fingerprint density at radius 3 is 2.13 bits per heavy atom. The minimum atomic E-state index is -1.03. The van der Waals surface area contributed by atoms with E-state index in [-0.39, 0.29) is 11.1 Å². The number of phenols is 1. The van der Waals surface area contributed by atoms with E-state index >= 15 is 0 Å². The van der Waals surface area contributed by atoms with E-state index in [1.54, 1.807) is 0 Å². The number of carbonyl (C=O) groups is 2. The molecule has 0 atom stereocenters. The van der Waals surface area contributed by atoms with Crippen molar-refractivity contribution < 1.29 is 24.9 Å². The summed E-state index contributed by atoms with van der Waals surface area (Å²) in [6.07, 6.45) is 0. The number of hydrogen-bond acceptors (Lipinski definition) is 5. The number of phenolic OH excluding ortho intramolecular Hbond substituents is 1. The van der Waals surface area contributed by atoms with Crippen LogP contribution in [0.15, 0.2) is 29.7 Å². The Kier molecular flexibility index (Phi) is 1.76. The maximum Gasteiger partial charge on any atom is 0.235 e. The van der Waals surface area contributed by atoms with Crippen molar-refractivity contribution in [3.8, 4) is 5.75 Å². The number of Topliss-reactive ketones (excluding diaryl/α,β-unsaturated/α-hetero) is 2. The van der Waals surface area contributed by atoms with Crippen LogP contribution in [-0.4, -0.2) is 26.9 Å². The topological polar surface area (TPSA) is 94.8 Å². The molecule has 0 radical (unpaired) electrons. The molecule has 0 unspecified atom stereocenters. The fourth-order valence-electron chi connectivity index (χ4n) is 1.43. The molecule has 1 aromatic rings. The van der Waals surface area contributed by atoms with Gasteiger partial charge in [0.15, 0.2) is 0 Å². The number of fused-ring (bicyclic) bond motifs is 1. The average molecular weight is 206 g/mol. The summed E-state index contributed by atoms with van der Waals surface area (Å²) in [4.78, 5) is 22.8. The molecule has 1 aliphatic rings. The minimum Gasteiger partial charge on any atom is -0.507 e. The summed E-state index contributed by atoms with van der Waals surface area (Å²) >= 11 is 0. The van der Waals surface area contributed by atoms with Gasteiger partial charge in [-0.25, -0.2) is 0 Å². The average Bonchev–Trinajstić information content (AvgIpc) is 2.23. The Balaban J connectivity index is 2.79. The zero-order chi connectivity index (χ0) is 11.2. The van der Waals surface area contributed by atoms with Gasteiger partial charge in [-0.1, -0.05) is 6.07 Å². The van der Waals surface area contributed by atoms with Crippen molar-refractivity contribution in [2.24, 2.45) is 0 Å². The number of rotatable bonds is 0. The predicted molar refractivity (Wildman–Crippen MR) is 49.1 cm³/mol. The van der Waals surface area contributed by atoms with Crippen molar-refractivity contribution in [2.45, 2.75) is 0 Å². The van der Waals surface area contributed by atoms with Gasteiger partial charge >= 0.3 is 0 Å². The van der Waals surface area contributed by atoms with Crippen LogP contribution in [-0.2, 0) is 0 Å². The number of allylic oxidation sites excluding steroid dienone is 2. The Labute approximate surface area is 83.9 Å². The summed E-state index contributed by atoms with van der Waals surface area (Å²) in [6, 6.07) is 3.88. The summed E-state index contributed by atoms with van der Waals surface area (Å²) in [6.45, 7) is 0. The van der Waals surface area contributed by atoms with E-state index in [4.69, 9.17) is 10.2 Å². The highest BCUT2D eigenvalue weighted by molar-refractivity contribution is 6.26. The second kappa shape index (κ2) is 2.84. The van der Waals surface area contributed by atoms with Crippen molar-refractivity contribution in [1.29, 1.82) is 0 Å². The lowest BCUT2D eigenvalue weighted by molar-refractivity contribution is 0.0878. The van der Waals surface area contributed by atoms with Crippen LogP contribution in [0.1, 0.15) is 20.7 Å². The van der Waals surface area contributed by atoms with Gasteiger partial charge in [-0.2, -0.15) is 0 Å². The molecular formula is C10H6O5. The lowest BCUT2D eigenvalue weighted by atomic mass is 9.91. The lowest BCUT2D eigenvalue weighted by Gasteiger charge is -2.14. The molecule has 1 aliphatic carbocycles. The molecule has 0 saturated heterocycles. The summed E-state index contributed by atoms with van der Waals surface area (Å²) in [5.74, 6) is -4.25. The zero-order valence-electron chi connectivity index (χ0n) is 7.39. The summed E-state index contributed by atoms with van der Waals surface area (Å²) in [5.41, 5.74) is -0.395. The molecule has 1 aromatic carbocycles. The first-order valence-electron chi connectivity index (χ1n) is 4.07. The fraction of sp³-hybridized carbons (Fsp3) is 0. The largest absolute Gasteiger partial charge is 0.507 e. The van der Waals surface area contributed by atoms with Crippen molar-refractivity contribution in [3.05, 3.63) is 40.8 Å². The summed E-state index contributed by atoms with van der Waals surface area (Å²) in [7, 11) is 0. The molecule has 2 rings (SSSR count). The van der Waals surface area contributed by atoms with Crippen LogP contribution in [0.3, 0.4) is 0 Å². The van der Waals surface area contributed by atoms with Crippen LogP contribution >= 0.6 is 0 Å². The second-order valence-electron chi connectivity index (χ2n) is 3.06. The van der Waals surface area contributed by atoms with Gasteiger partial charge in [0.25, 0.3) is 0 Å². The lowest BCUT2D eigenvalue weighted by Crippen LogP contribution is -2.21. The minimum absolute atomic E-state index is 0.115. The number of ketones is 2. The maximum absolute atomic E-state index is 11.4. The molecule has 0 aliphatic heterocycles. The smallest absolute Gasteiger partial charge is 0.235 e. The van der Waals surface area contributed by atoms with Gasteiger partial charge < -0.3 is 15.3 Å².